The van der Waals surface area contributed by atoms with E-state index >= 15 is 0 Å². The number of benzene rings is 2. The van der Waals surface area contributed by atoms with Gasteiger partial charge in [-0.05, 0) is 23.4 Å². The maximum atomic E-state index is 13.7. The SMILES string of the molecule is CC(C)C(CN)NC(=O)c1ccc(F)c2ccccc12. The average molecular weight is 274 g/mol. The van der Waals surface area contributed by atoms with Crippen LogP contribution < -0.4 is 11.1 Å². The number of rotatable bonds is 4. The zero-order chi connectivity index (χ0) is 14.7. The lowest BCUT2D eigenvalue weighted by atomic mass is 10.0. The van der Waals surface area contributed by atoms with Crippen LogP contribution in [-0.2, 0) is 0 Å². The van der Waals surface area contributed by atoms with Crippen LogP contribution in [0.25, 0.3) is 10.8 Å². The van der Waals surface area contributed by atoms with Crippen molar-refractivity contribution in [3.8, 4) is 0 Å². The quantitative estimate of drug-likeness (QED) is 0.900. The van der Waals surface area contributed by atoms with E-state index in [4.69, 9.17) is 5.73 Å². The Balaban J connectivity index is 2.38. The second-order valence-electron chi connectivity index (χ2n) is 5.20. The van der Waals surface area contributed by atoms with Gasteiger partial charge in [0.05, 0.1) is 0 Å². The van der Waals surface area contributed by atoms with E-state index in [1.54, 1.807) is 24.3 Å². The van der Waals surface area contributed by atoms with Crippen LogP contribution in [0, 0.1) is 11.7 Å². The first kappa shape index (κ1) is 14.5. The van der Waals surface area contributed by atoms with E-state index in [0.717, 1.165) is 0 Å². The Hall–Kier alpha value is -1.94. The van der Waals surface area contributed by atoms with Crippen molar-refractivity contribution >= 4 is 16.7 Å². The summed E-state index contributed by atoms with van der Waals surface area (Å²) in [5, 5.41) is 3.98. The molecule has 2 aromatic rings. The summed E-state index contributed by atoms with van der Waals surface area (Å²) in [6, 6.07) is 9.71. The molecule has 4 heteroatoms. The van der Waals surface area contributed by atoms with Gasteiger partial charge in [0, 0.05) is 23.5 Å². The first-order valence-corrected chi connectivity index (χ1v) is 6.72. The minimum atomic E-state index is -0.323. The molecule has 0 saturated carbocycles. The van der Waals surface area contributed by atoms with Gasteiger partial charge < -0.3 is 11.1 Å². The van der Waals surface area contributed by atoms with Crippen molar-refractivity contribution in [1.82, 2.24) is 5.32 Å². The van der Waals surface area contributed by atoms with Crippen LogP contribution in [-0.4, -0.2) is 18.5 Å². The Labute approximate surface area is 118 Å². The number of nitrogens with one attached hydrogen (secondary N) is 1. The maximum absolute atomic E-state index is 13.7. The van der Waals surface area contributed by atoms with E-state index in [-0.39, 0.29) is 23.7 Å². The molecule has 3 nitrogen and oxygen atoms in total. The fraction of sp³-hybridized carbons (Fsp3) is 0.312. The Morgan fingerprint density at radius 2 is 1.85 bits per heavy atom. The van der Waals surface area contributed by atoms with Crippen molar-refractivity contribution in [2.45, 2.75) is 19.9 Å². The lowest BCUT2D eigenvalue weighted by molar-refractivity contribution is 0.0929. The maximum Gasteiger partial charge on any atom is 0.252 e. The number of fused-ring (bicyclic) bond motifs is 1. The molecule has 0 radical (unpaired) electrons. The Morgan fingerprint density at radius 3 is 2.45 bits per heavy atom. The van der Waals surface area contributed by atoms with Gasteiger partial charge in [0.1, 0.15) is 5.82 Å². The molecule has 1 atom stereocenters. The van der Waals surface area contributed by atoms with E-state index in [9.17, 15) is 9.18 Å². The van der Waals surface area contributed by atoms with Crippen molar-refractivity contribution in [3.05, 3.63) is 47.8 Å². The van der Waals surface area contributed by atoms with Gasteiger partial charge in [-0.2, -0.15) is 0 Å². The standard InChI is InChI=1S/C16H19FN2O/c1-10(2)15(9-18)19-16(20)13-7-8-14(17)12-6-4-3-5-11(12)13/h3-8,10,15H,9,18H2,1-2H3,(H,19,20). The van der Waals surface area contributed by atoms with Gasteiger partial charge in [0.15, 0.2) is 0 Å². The molecule has 2 rings (SSSR count). The molecule has 1 unspecified atom stereocenters. The second-order valence-corrected chi connectivity index (χ2v) is 5.20. The first-order valence-electron chi connectivity index (χ1n) is 6.72. The molecule has 0 bridgehead atoms. The number of halogens is 1. The number of nitrogens with two attached hydrogens (primary N) is 1. The minimum absolute atomic E-state index is 0.0914. The first-order chi connectivity index (χ1) is 9.54. The molecule has 3 N–H and O–H groups in total. The third kappa shape index (κ3) is 2.80. The molecule has 0 aromatic heterocycles. The van der Waals surface area contributed by atoms with Gasteiger partial charge in [-0.1, -0.05) is 38.1 Å². The van der Waals surface area contributed by atoms with E-state index in [1.165, 1.54) is 12.1 Å². The summed E-state index contributed by atoms with van der Waals surface area (Å²) in [6.07, 6.45) is 0. The van der Waals surface area contributed by atoms with Crippen molar-refractivity contribution in [2.24, 2.45) is 11.7 Å². The fourth-order valence-corrected chi connectivity index (χ4v) is 2.20. The van der Waals surface area contributed by atoms with E-state index in [0.29, 0.717) is 22.9 Å². The Bertz CT molecular complexity index is 625. The summed E-state index contributed by atoms with van der Waals surface area (Å²) in [4.78, 5) is 12.4. The second kappa shape index (κ2) is 6.01. The number of carbonyl (C=O) groups excluding carboxylic acids is 1. The normalized spacial score (nSPS) is 12.7. The smallest absolute Gasteiger partial charge is 0.252 e. The average Bonchev–Trinajstić information content (AvgIpc) is 2.45. The van der Waals surface area contributed by atoms with Gasteiger partial charge in [0.25, 0.3) is 5.91 Å². The van der Waals surface area contributed by atoms with E-state index in [1.807, 2.05) is 13.8 Å². The molecule has 0 spiro atoms. The fourth-order valence-electron chi connectivity index (χ4n) is 2.20. The summed E-state index contributed by atoms with van der Waals surface area (Å²) in [6.45, 7) is 4.38. The largest absolute Gasteiger partial charge is 0.348 e. The summed E-state index contributed by atoms with van der Waals surface area (Å²) in [7, 11) is 0. The zero-order valence-electron chi connectivity index (χ0n) is 11.7. The molecule has 2 aromatic carbocycles. The highest BCUT2D eigenvalue weighted by Crippen LogP contribution is 2.22. The molecular formula is C16H19FN2O. The van der Waals surface area contributed by atoms with Crippen LogP contribution >= 0.6 is 0 Å². The number of amides is 1. The van der Waals surface area contributed by atoms with Gasteiger partial charge in [-0.3, -0.25) is 4.79 Å². The molecule has 106 valence electrons. The lowest BCUT2D eigenvalue weighted by Gasteiger charge is -2.21. The van der Waals surface area contributed by atoms with Gasteiger partial charge in [-0.15, -0.1) is 0 Å². The third-order valence-electron chi connectivity index (χ3n) is 3.49. The summed E-state index contributed by atoms with van der Waals surface area (Å²) in [5.74, 6) is -0.294. The minimum Gasteiger partial charge on any atom is -0.348 e. The Morgan fingerprint density at radius 1 is 1.20 bits per heavy atom. The molecule has 0 fully saturated rings. The molecule has 1 amide bonds. The predicted octanol–water partition coefficient (Wildman–Crippen LogP) is 2.69. The van der Waals surface area contributed by atoms with E-state index < -0.39 is 0 Å². The Kier molecular flexibility index (Phi) is 4.35. The molecule has 0 saturated heterocycles. The summed E-state index contributed by atoms with van der Waals surface area (Å²) >= 11 is 0. The van der Waals surface area contributed by atoms with Crippen LogP contribution in [0.4, 0.5) is 4.39 Å². The summed E-state index contributed by atoms with van der Waals surface area (Å²) < 4.78 is 13.7. The van der Waals surface area contributed by atoms with Crippen molar-refractivity contribution in [3.63, 3.8) is 0 Å². The summed E-state index contributed by atoms with van der Waals surface area (Å²) in [5.41, 5.74) is 6.14. The number of hydrogen-bond donors (Lipinski definition) is 2. The molecule has 0 heterocycles. The van der Waals surface area contributed by atoms with Crippen LogP contribution in [0.15, 0.2) is 36.4 Å². The third-order valence-corrected chi connectivity index (χ3v) is 3.49. The van der Waals surface area contributed by atoms with Crippen LogP contribution in [0.3, 0.4) is 0 Å². The molecule has 0 aliphatic rings. The molecule has 20 heavy (non-hydrogen) atoms. The van der Waals surface area contributed by atoms with E-state index in [2.05, 4.69) is 5.32 Å². The monoisotopic (exact) mass is 274 g/mol. The number of carbonyl (C=O) groups is 1. The highest BCUT2D eigenvalue weighted by molar-refractivity contribution is 6.07. The number of hydrogen-bond acceptors (Lipinski definition) is 2. The van der Waals surface area contributed by atoms with Gasteiger partial charge >= 0.3 is 0 Å². The van der Waals surface area contributed by atoms with Gasteiger partial charge in [0.2, 0.25) is 0 Å². The zero-order valence-corrected chi connectivity index (χ0v) is 11.7. The van der Waals surface area contributed by atoms with Crippen molar-refractivity contribution in [1.29, 1.82) is 0 Å². The van der Waals surface area contributed by atoms with Crippen LogP contribution in [0.5, 0.6) is 0 Å². The highest BCUT2D eigenvalue weighted by Gasteiger charge is 2.17. The topological polar surface area (TPSA) is 55.1 Å². The molecule has 0 aliphatic carbocycles. The van der Waals surface area contributed by atoms with Crippen molar-refractivity contribution < 1.29 is 9.18 Å². The predicted molar refractivity (Wildman–Crippen MR) is 79.1 cm³/mol. The lowest BCUT2D eigenvalue weighted by Crippen LogP contribution is -2.43. The highest BCUT2D eigenvalue weighted by atomic mass is 19.1. The van der Waals surface area contributed by atoms with Crippen molar-refractivity contribution in [2.75, 3.05) is 6.54 Å². The van der Waals surface area contributed by atoms with Crippen LogP contribution in [0.2, 0.25) is 0 Å². The van der Waals surface area contributed by atoms with Crippen LogP contribution in [0.1, 0.15) is 24.2 Å². The van der Waals surface area contributed by atoms with Gasteiger partial charge in [-0.25, -0.2) is 4.39 Å². The molecular weight excluding hydrogens is 255 g/mol. The molecule has 0 aliphatic heterocycles.